The molecule has 36 heavy (non-hydrogen) atoms. The smallest absolute Gasteiger partial charge is 0.251 e. The number of ketones is 2. The predicted molar refractivity (Wildman–Crippen MR) is 134 cm³/mol. The molecule has 0 spiro atoms. The number of amides is 1. The highest BCUT2D eigenvalue weighted by atomic mass is 16.5. The molecule has 0 saturated heterocycles. The maximum atomic E-state index is 12.7. The SMILES string of the molecule is CO[C@H]1C[C@@H](C)CC2=C(O)C(=CC(=O)C2=O)NC(=O)/C(C)=C/CC[C@H](OC)[C@@H](O)/C(C)=C/[C@@H](C)[C@@H]1O. The van der Waals surface area contributed by atoms with Gasteiger partial charge in [0.05, 0.1) is 24.0 Å². The highest BCUT2D eigenvalue weighted by Crippen LogP contribution is 2.28. The maximum Gasteiger partial charge on any atom is 0.251 e. The van der Waals surface area contributed by atoms with Crippen LogP contribution in [0.25, 0.3) is 0 Å². The summed E-state index contributed by atoms with van der Waals surface area (Å²) in [7, 11) is 2.98. The Morgan fingerprint density at radius 3 is 2.28 bits per heavy atom. The molecule has 0 aromatic heterocycles. The number of nitrogens with one attached hydrogen (secondary N) is 1. The molecule has 2 aliphatic rings. The number of fused-ring (bicyclic) bond motifs is 1. The molecule has 0 aromatic rings. The molecule has 0 radical (unpaired) electrons. The van der Waals surface area contributed by atoms with E-state index in [1.54, 1.807) is 26.0 Å². The zero-order valence-electron chi connectivity index (χ0n) is 21.9. The summed E-state index contributed by atoms with van der Waals surface area (Å²) in [5, 5.41) is 35.1. The Bertz CT molecular complexity index is 976. The summed E-state index contributed by atoms with van der Waals surface area (Å²) in [4.78, 5) is 37.5. The molecule has 1 amide bonds. The summed E-state index contributed by atoms with van der Waals surface area (Å²) in [5.74, 6) is -3.22. The molecular weight excluding hydrogens is 466 g/mol. The van der Waals surface area contributed by atoms with Crippen LogP contribution in [0, 0.1) is 11.8 Å². The van der Waals surface area contributed by atoms with Gasteiger partial charge >= 0.3 is 0 Å². The minimum atomic E-state index is -0.908. The van der Waals surface area contributed by atoms with Crippen LogP contribution in [-0.4, -0.2) is 71.4 Å². The van der Waals surface area contributed by atoms with Crippen molar-refractivity contribution < 1.29 is 39.2 Å². The van der Waals surface area contributed by atoms with Crippen LogP contribution in [0.15, 0.2) is 46.4 Å². The summed E-state index contributed by atoms with van der Waals surface area (Å²) in [6.45, 7) is 7.00. The summed E-state index contributed by atoms with van der Waals surface area (Å²) in [6, 6.07) is 0. The van der Waals surface area contributed by atoms with Gasteiger partial charge in [-0.25, -0.2) is 0 Å². The van der Waals surface area contributed by atoms with E-state index in [1.807, 2.05) is 13.8 Å². The second-order valence-electron chi connectivity index (χ2n) is 9.80. The largest absolute Gasteiger partial charge is 0.505 e. The Labute approximate surface area is 212 Å². The minimum absolute atomic E-state index is 0.0580. The van der Waals surface area contributed by atoms with Gasteiger partial charge in [-0.1, -0.05) is 26.0 Å². The lowest BCUT2D eigenvalue weighted by Crippen LogP contribution is -2.36. The Balaban J connectivity index is 2.47. The van der Waals surface area contributed by atoms with Gasteiger partial charge in [-0.2, -0.15) is 0 Å². The molecule has 9 heteroatoms. The topological polar surface area (TPSA) is 142 Å². The van der Waals surface area contributed by atoms with E-state index in [0.29, 0.717) is 30.4 Å². The van der Waals surface area contributed by atoms with Crippen molar-refractivity contribution in [3.8, 4) is 0 Å². The third-order valence-electron chi connectivity index (χ3n) is 6.88. The van der Waals surface area contributed by atoms with Gasteiger partial charge in [0.15, 0.2) is 0 Å². The Hall–Kier alpha value is -2.59. The van der Waals surface area contributed by atoms with E-state index in [-0.39, 0.29) is 29.5 Å². The number of methoxy groups -OCH3 is 2. The van der Waals surface area contributed by atoms with Crippen LogP contribution in [0.4, 0.5) is 0 Å². The first-order chi connectivity index (χ1) is 16.9. The first-order valence-corrected chi connectivity index (χ1v) is 12.2. The van der Waals surface area contributed by atoms with Crippen molar-refractivity contribution in [1.29, 1.82) is 0 Å². The molecule has 0 fully saturated rings. The van der Waals surface area contributed by atoms with E-state index in [4.69, 9.17) is 9.47 Å². The van der Waals surface area contributed by atoms with Crippen molar-refractivity contribution in [2.24, 2.45) is 11.8 Å². The van der Waals surface area contributed by atoms with Crippen molar-refractivity contribution in [3.05, 3.63) is 46.4 Å². The molecule has 9 nitrogen and oxygen atoms in total. The fraction of sp³-hybridized carbons (Fsp3) is 0.593. The molecule has 4 N–H and O–H groups in total. The highest BCUT2D eigenvalue weighted by Gasteiger charge is 2.33. The molecule has 6 atom stereocenters. The number of carbonyl (C=O) groups is 3. The first-order valence-electron chi connectivity index (χ1n) is 12.2. The quantitative estimate of drug-likeness (QED) is 0.255. The van der Waals surface area contributed by atoms with E-state index < -0.39 is 47.6 Å². The molecular formula is C27H39NO8. The highest BCUT2D eigenvalue weighted by molar-refractivity contribution is 6.48. The third-order valence-corrected chi connectivity index (χ3v) is 6.88. The van der Waals surface area contributed by atoms with Gasteiger partial charge in [0, 0.05) is 37.4 Å². The monoisotopic (exact) mass is 505 g/mol. The molecule has 2 bridgehead atoms. The van der Waals surface area contributed by atoms with Crippen molar-refractivity contribution in [3.63, 3.8) is 0 Å². The Morgan fingerprint density at radius 2 is 1.67 bits per heavy atom. The second-order valence-corrected chi connectivity index (χ2v) is 9.80. The van der Waals surface area contributed by atoms with Crippen LogP contribution in [-0.2, 0) is 23.9 Å². The third kappa shape index (κ3) is 7.22. The zero-order valence-corrected chi connectivity index (χ0v) is 21.9. The van der Waals surface area contributed by atoms with Crippen LogP contribution < -0.4 is 5.32 Å². The van der Waals surface area contributed by atoms with Gasteiger partial charge < -0.3 is 30.1 Å². The maximum absolute atomic E-state index is 12.7. The van der Waals surface area contributed by atoms with E-state index in [0.717, 1.165) is 6.08 Å². The zero-order chi connectivity index (χ0) is 27.2. The van der Waals surface area contributed by atoms with Crippen LogP contribution in [0.2, 0.25) is 0 Å². The van der Waals surface area contributed by atoms with Crippen LogP contribution in [0.3, 0.4) is 0 Å². The van der Waals surface area contributed by atoms with Gasteiger partial charge in [0.1, 0.15) is 11.9 Å². The number of allylic oxidation sites excluding steroid dienone is 3. The molecule has 0 unspecified atom stereocenters. The lowest BCUT2D eigenvalue weighted by molar-refractivity contribution is -0.132. The number of aliphatic hydroxyl groups is 3. The van der Waals surface area contributed by atoms with Crippen molar-refractivity contribution in [2.45, 2.75) is 77.8 Å². The van der Waals surface area contributed by atoms with Gasteiger partial charge in [-0.15, -0.1) is 0 Å². The number of rotatable bonds is 2. The molecule has 1 aliphatic carbocycles. The van der Waals surface area contributed by atoms with Crippen molar-refractivity contribution in [1.82, 2.24) is 5.32 Å². The van der Waals surface area contributed by atoms with E-state index in [1.165, 1.54) is 14.2 Å². The lowest BCUT2D eigenvalue weighted by atomic mass is 9.85. The summed E-state index contributed by atoms with van der Waals surface area (Å²) >= 11 is 0. The molecule has 2 rings (SSSR count). The molecule has 0 saturated carbocycles. The van der Waals surface area contributed by atoms with Crippen LogP contribution in [0.1, 0.15) is 53.4 Å². The molecule has 1 aliphatic heterocycles. The number of aliphatic hydroxyl groups excluding tert-OH is 3. The fourth-order valence-corrected chi connectivity index (χ4v) is 4.60. The van der Waals surface area contributed by atoms with Gasteiger partial charge in [0.2, 0.25) is 11.6 Å². The number of hydrogen-bond donors (Lipinski definition) is 4. The van der Waals surface area contributed by atoms with Crippen molar-refractivity contribution >= 4 is 17.5 Å². The number of ether oxygens (including phenoxy) is 2. The second kappa shape index (κ2) is 13.1. The average molecular weight is 506 g/mol. The Kier molecular flexibility index (Phi) is 10.8. The van der Waals surface area contributed by atoms with Gasteiger partial charge in [-0.3, -0.25) is 14.4 Å². The number of hydrogen-bond acceptors (Lipinski definition) is 8. The van der Waals surface area contributed by atoms with Crippen LogP contribution in [0.5, 0.6) is 0 Å². The van der Waals surface area contributed by atoms with Gasteiger partial charge in [-0.05, 0) is 51.0 Å². The molecule has 200 valence electrons. The molecule has 1 heterocycles. The van der Waals surface area contributed by atoms with Crippen LogP contribution >= 0.6 is 0 Å². The predicted octanol–water partition coefficient (Wildman–Crippen LogP) is 2.44. The van der Waals surface area contributed by atoms with E-state index >= 15 is 0 Å². The Morgan fingerprint density at radius 1 is 1.03 bits per heavy atom. The van der Waals surface area contributed by atoms with E-state index in [9.17, 15) is 29.7 Å². The number of Topliss-reactive ketones (excluding diaryl/α,β-unsaturated/α-hetero) is 1. The fourth-order valence-electron chi connectivity index (χ4n) is 4.60. The van der Waals surface area contributed by atoms with Gasteiger partial charge in [0.25, 0.3) is 5.91 Å². The van der Waals surface area contributed by atoms with Crippen molar-refractivity contribution in [2.75, 3.05) is 14.2 Å². The summed E-state index contributed by atoms with van der Waals surface area (Å²) < 4.78 is 11.0. The number of carbonyl (C=O) groups excluding carboxylic acids is 3. The summed E-state index contributed by atoms with van der Waals surface area (Å²) in [6.07, 6.45) is 2.69. The van der Waals surface area contributed by atoms with E-state index in [2.05, 4.69) is 5.32 Å². The minimum Gasteiger partial charge on any atom is -0.505 e. The molecule has 0 aromatic carbocycles. The lowest BCUT2D eigenvalue weighted by Gasteiger charge is -2.29. The average Bonchev–Trinajstić information content (AvgIpc) is 2.84. The standard InChI is InChI=1S/C27H39NO8/c1-14-10-18-25(32)19(13-20(29)26(18)33)28-27(34)15(2)8-7-9-21(35-5)23(30)16(3)12-17(4)24(31)22(11-14)36-6/h8,12-14,17,21-24,30-32H,7,9-11H2,1-6H3,(H,28,34)/b15-8+,16-12+/t14-,17+,21-,22-,23-,24-/m0/s1. The first kappa shape index (κ1) is 29.6. The normalized spacial score (nSPS) is 34.9. The summed E-state index contributed by atoms with van der Waals surface area (Å²) in [5.41, 5.74) is 0.785.